The summed E-state index contributed by atoms with van der Waals surface area (Å²) in [5, 5.41) is 33.9. The zero-order valence-corrected chi connectivity index (χ0v) is 18.5. The fourth-order valence-electron chi connectivity index (χ4n) is 2.96. The summed E-state index contributed by atoms with van der Waals surface area (Å²) in [7, 11) is 0. The van der Waals surface area contributed by atoms with Crippen molar-refractivity contribution in [2.24, 2.45) is 11.5 Å². The average Bonchev–Trinajstić information content (AvgIpc) is 2.77. The van der Waals surface area contributed by atoms with Crippen molar-refractivity contribution in [1.82, 2.24) is 16.0 Å². The minimum absolute atomic E-state index is 0.0571. The molecule has 0 bridgehead atoms. The molecule has 1 rings (SSSR count). The minimum Gasteiger partial charge on any atom is -0.508 e. The van der Waals surface area contributed by atoms with E-state index in [1.807, 2.05) is 5.32 Å². The summed E-state index contributed by atoms with van der Waals surface area (Å²) in [6.45, 7) is -0.407. The van der Waals surface area contributed by atoms with Gasteiger partial charge in [0.2, 0.25) is 17.7 Å². The lowest BCUT2D eigenvalue weighted by Gasteiger charge is -2.23. The van der Waals surface area contributed by atoms with Crippen LogP contribution < -0.4 is 27.4 Å². The molecule has 0 heterocycles. The second kappa shape index (κ2) is 14.4. The van der Waals surface area contributed by atoms with Gasteiger partial charge in [-0.1, -0.05) is 12.1 Å². The van der Waals surface area contributed by atoms with Crippen molar-refractivity contribution in [3.8, 4) is 5.75 Å². The van der Waals surface area contributed by atoms with Crippen LogP contribution >= 0.6 is 0 Å². The smallest absolute Gasteiger partial charge is 0.322 e. The lowest BCUT2D eigenvalue weighted by molar-refractivity contribution is -0.141. The Bertz CT molecular complexity index is 861. The van der Waals surface area contributed by atoms with E-state index in [4.69, 9.17) is 21.7 Å². The number of phenols is 1. The first kappa shape index (κ1) is 28.3. The van der Waals surface area contributed by atoms with Crippen LogP contribution in [0.5, 0.6) is 5.75 Å². The second-order valence-electron chi connectivity index (χ2n) is 7.59. The first-order chi connectivity index (χ1) is 16.0. The number of benzene rings is 1. The number of carboxylic acid groups (broad SMARTS) is 2. The van der Waals surface area contributed by atoms with Gasteiger partial charge in [0.1, 0.15) is 24.4 Å². The Labute approximate surface area is 195 Å². The van der Waals surface area contributed by atoms with Crippen LogP contribution in [-0.2, 0) is 30.4 Å². The Morgan fingerprint density at radius 3 is 2.03 bits per heavy atom. The summed E-state index contributed by atoms with van der Waals surface area (Å²) in [4.78, 5) is 59.4. The molecule has 0 aliphatic heterocycles. The zero-order valence-electron chi connectivity index (χ0n) is 18.5. The fourth-order valence-corrected chi connectivity index (χ4v) is 2.96. The predicted octanol–water partition coefficient (Wildman–Crippen LogP) is -1.96. The summed E-state index contributed by atoms with van der Waals surface area (Å²) >= 11 is 0. The van der Waals surface area contributed by atoms with E-state index in [0.717, 1.165) is 0 Å². The number of amides is 3. The molecule has 1 aromatic carbocycles. The third kappa shape index (κ3) is 10.7. The normalized spacial score (nSPS) is 13.2. The molecule has 0 aliphatic carbocycles. The van der Waals surface area contributed by atoms with Crippen LogP contribution in [0.4, 0.5) is 0 Å². The first-order valence-corrected chi connectivity index (χ1v) is 10.6. The van der Waals surface area contributed by atoms with Crippen LogP contribution in [0, 0.1) is 0 Å². The molecule has 0 aliphatic rings. The van der Waals surface area contributed by atoms with Gasteiger partial charge < -0.3 is 42.7 Å². The number of phenolic OH excluding ortho intramolecular Hbond substituents is 1. The molecule has 0 fully saturated rings. The second-order valence-corrected chi connectivity index (χ2v) is 7.59. The zero-order chi connectivity index (χ0) is 25.7. The SMILES string of the molecule is NCCCCC(NC(=O)C(N)Cc1ccc(O)cc1)C(=O)NC(CC(=O)O)C(=O)NCC(=O)O. The molecule has 0 aromatic heterocycles. The Kier molecular flexibility index (Phi) is 12.0. The number of nitrogens with one attached hydrogen (secondary N) is 3. The monoisotopic (exact) mass is 481 g/mol. The quantitative estimate of drug-likeness (QED) is 0.129. The van der Waals surface area contributed by atoms with Crippen molar-refractivity contribution in [3.63, 3.8) is 0 Å². The molecule has 188 valence electrons. The molecule has 0 saturated carbocycles. The number of unbranched alkanes of at least 4 members (excludes halogenated alkanes) is 1. The summed E-state index contributed by atoms with van der Waals surface area (Å²) in [6, 6.07) is 2.38. The molecule has 10 N–H and O–H groups in total. The van der Waals surface area contributed by atoms with Gasteiger partial charge in [-0.05, 0) is 49.9 Å². The Balaban J connectivity index is 2.88. The Morgan fingerprint density at radius 1 is 0.853 bits per heavy atom. The number of aliphatic carboxylic acids is 2. The van der Waals surface area contributed by atoms with Gasteiger partial charge in [-0.3, -0.25) is 24.0 Å². The fraction of sp³-hybridized carbons (Fsp3) is 0.476. The number of aromatic hydroxyl groups is 1. The number of carbonyl (C=O) groups is 5. The predicted molar refractivity (Wildman–Crippen MR) is 119 cm³/mol. The van der Waals surface area contributed by atoms with Crippen molar-refractivity contribution >= 4 is 29.7 Å². The van der Waals surface area contributed by atoms with E-state index >= 15 is 0 Å². The highest BCUT2D eigenvalue weighted by Gasteiger charge is 2.29. The Hall–Kier alpha value is -3.71. The molecular formula is C21H31N5O8. The summed E-state index contributed by atoms with van der Waals surface area (Å²) in [6.07, 6.45) is 0.495. The van der Waals surface area contributed by atoms with Crippen molar-refractivity contribution in [2.45, 2.75) is 50.2 Å². The van der Waals surface area contributed by atoms with Crippen LogP contribution in [0.1, 0.15) is 31.2 Å². The van der Waals surface area contributed by atoms with E-state index in [1.165, 1.54) is 12.1 Å². The molecule has 0 spiro atoms. The number of hydrogen-bond acceptors (Lipinski definition) is 8. The first-order valence-electron chi connectivity index (χ1n) is 10.6. The molecule has 13 heteroatoms. The summed E-state index contributed by atoms with van der Waals surface area (Å²) in [5.74, 6) is -5.14. The highest BCUT2D eigenvalue weighted by molar-refractivity contribution is 5.95. The van der Waals surface area contributed by atoms with E-state index in [0.29, 0.717) is 24.9 Å². The summed E-state index contributed by atoms with van der Waals surface area (Å²) in [5.41, 5.74) is 12.1. The lowest BCUT2D eigenvalue weighted by Crippen LogP contribution is -2.56. The number of carbonyl (C=O) groups excluding carboxylic acids is 3. The molecular weight excluding hydrogens is 450 g/mol. The number of rotatable bonds is 15. The van der Waals surface area contributed by atoms with Gasteiger partial charge in [0.15, 0.2) is 0 Å². The van der Waals surface area contributed by atoms with Crippen molar-refractivity contribution in [2.75, 3.05) is 13.1 Å². The third-order valence-electron chi connectivity index (χ3n) is 4.73. The van der Waals surface area contributed by atoms with Gasteiger partial charge in [0.05, 0.1) is 12.5 Å². The third-order valence-corrected chi connectivity index (χ3v) is 4.73. The average molecular weight is 482 g/mol. The number of nitrogens with two attached hydrogens (primary N) is 2. The van der Waals surface area contributed by atoms with Crippen LogP contribution in [0.25, 0.3) is 0 Å². The van der Waals surface area contributed by atoms with Gasteiger partial charge in [0.25, 0.3) is 0 Å². The molecule has 0 radical (unpaired) electrons. The van der Waals surface area contributed by atoms with Gasteiger partial charge in [-0.25, -0.2) is 0 Å². The maximum atomic E-state index is 12.8. The topological polar surface area (TPSA) is 234 Å². The van der Waals surface area contributed by atoms with E-state index in [1.54, 1.807) is 12.1 Å². The molecule has 3 atom stereocenters. The standard InChI is InChI=1S/C21H31N5O8/c22-8-2-1-3-15(25-19(32)14(23)9-12-4-6-13(27)7-5-12)21(34)26-16(10-17(28)29)20(33)24-11-18(30)31/h4-7,14-16,27H,1-3,8-11,22-23H2,(H,24,33)(H,25,32)(H,26,34)(H,28,29)(H,30,31). The highest BCUT2D eigenvalue weighted by Crippen LogP contribution is 2.11. The largest absolute Gasteiger partial charge is 0.508 e. The molecule has 1 aromatic rings. The van der Waals surface area contributed by atoms with Crippen molar-refractivity contribution in [3.05, 3.63) is 29.8 Å². The van der Waals surface area contributed by atoms with Crippen molar-refractivity contribution in [1.29, 1.82) is 0 Å². The molecule has 13 nitrogen and oxygen atoms in total. The van der Waals surface area contributed by atoms with Gasteiger partial charge in [0, 0.05) is 0 Å². The number of hydrogen-bond donors (Lipinski definition) is 8. The molecule has 3 amide bonds. The van der Waals surface area contributed by atoms with Crippen LogP contribution in [0.3, 0.4) is 0 Å². The van der Waals surface area contributed by atoms with E-state index in [-0.39, 0.29) is 18.6 Å². The lowest BCUT2D eigenvalue weighted by atomic mass is 10.0. The van der Waals surface area contributed by atoms with Gasteiger partial charge in [-0.2, -0.15) is 0 Å². The Morgan fingerprint density at radius 2 is 1.47 bits per heavy atom. The van der Waals surface area contributed by atoms with Crippen LogP contribution in [0.15, 0.2) is 24.3 Å². The molecule has 34 heavy (non-hydrogen) atoms. The van der Waals surface area contributed by atoms with E-state index in [2.05, 4.69) is 10.6 Å². The maximum Gasteiger partial charge on any atom is 0.322 e. The van der Waals surface area contributed by atoms with E-state index < -0.39 is 60.8 Å². The van der Waals surface area contributed by atoms with E-state index in [9.17, 15) is 29.1 Å². The van der Waals surface area contributed by atoms with Crippen molar-refractivity contribution < 1.29 is 39.3 Å². The summed E-state index contributed by atoms with van der Waals surface area (Å²) < 4.78 is 0. The minimum atomic E-state index is -1.55. The molecule has 0 saturated heterocycles. The highest BCUT2D eigenvalue weighted by atomic mass is 16.4. The van der Waals surface area contributed by atoms with Crippen LogP contribution in [0.2, 0.25) is 0 Å². The van der Waals surface area contributed by atoms with Crippen LogP contribution in [-0.4, -0.2) is 76.2 Å². The van der Waals surface area contributed by atoms with Gasteiger partial charge >= 0.3 is 11.9 Å². The molecule has 3 unspecified atom stereocenters. The number of carboxylic acids is 2. The van der Waals surface area contributed by atoms with Gasteiger partial charge in [-0.15, -0.1) is 0 Å². The maximum absolute atomic E-state index is 12.8.